The second-order valence-corrected chi connectivity index (χ2v) is 7.13. The summed E-state index contributed by atoms with van der Waals surface area (Å²) in [5.74, 6) is 0.744. The van der Waals surface area contributed by atoms with E-state index in [0.29, 0.717) is 22.5 Å². The molecule has 1 aliphatic rings. The van der Waals surface area contributed by atoms with Crippen LogP contribution in [0.5, 0.6) is 17.2 Å². The van der Waals surface area contributed by atoms with E-state index in [1.54, 1.807) is 25.2 Å². The Kier molecular flexibility index (Phi) is 6.21. The lowest BCUT2D eigenvalue weighted by Crippen LogP contribution is -2.34. The highest BCUT2D eigenvalue weighted by atomic mass is 79.9. The number of hydrogen-bond acceptors (Lipinski definition) is 4. The number of methoxy groups -OCH3 is 2. The first-order valence-corrected chi connectivity index (χ1v) is 9.42. The second kappa shape index (κ2) is 8.61. The first kappa shape index (κ1) is 19.5. The molecule has 1 heterocycles. The molecule has 0 bridgehead atoms. The molecule has 1 saturated heterocycles. The highest BCUT2D eigenvalue weighted by Gasteiger charge is 2.32. The zero-order valence-electron chi connectivity index (χ0n) is 15.2. The van der Waals surface area contributed by atoms with Gasteiger partial charge in [-0.2, -0.15) is 0 Å². The lowest BCUT2D eigenvalue weighted by molar-refractivity contribution is -0.134. The molecule has 7 heteroatoms. The van der Waals surface area contributed by atoms with E-state index >= 15 is 0 Å². The highest BCUT2D eigenvalue weighted by molar-refractivity contribution is 9.10. The SMILES string of the molecule is COc1ccc([C@H]2CCCN2C(=O)COc2ccc(Br)cc2F)c(OC)c1. The molecule has 0 unspecified atom stereocenters. The molecule has 2 aromatic rings. The number of benzene rings is 2. The molecule has 0 radical (unpaired) electrons. The molecule has 5 nitrogen and oxygen atoms in total. The van der Waals surface area contributed by atoms with Crippen LogP contribution in [0.15, 0.2) is 40.9 Å². The van der Waals surface area contributed by atoms with Crippen molar-refractivity contribution in [2.24, 2.45) is 0 Å². The van der Waals surface area contributed by atoms with Gasteiger partial charge in [0.05, 0.1) is 20.3 Å². The van der Waals surface area contributed by atoms with E-state index in [0.717, 1.165) is 18.4 Å². The van der Waals surface area contributed by atoms with Gasteiger partial charge in [0, 0.05) is 22.6 Å². The summed E-state index contributed by atoms with van der Waals surface area (Å²) >= 11 is 3.20. The third-order valence-electron chi connectivity index (χ3n) is 4.62. The van der Waals surface area contributed by atoms with Gasteiger partial charge in [-0.05, 0) is 43.2 Å². The number of amides is 1. The molecular weight excluding hydrogens is 417 g/mol. The number of ether oxygens (including phenoxy) is 3. The topological polar surface area (TPSA) is 48.0 Å². The van der Waals surface area contributed by atoms with Crippen molar-refractivity contribution < 1.29 is 23.4 Å². The molecule has 27 heavy (non-hydrogen) atoms. The number of hydrogen-bond donors (Lipinski definition) is 0. The Morgan fingerprint density at radius 3 is 2.70 bits per heavy atom. The number of rotatable bonds is 6. The maximum Gasteiger partial charge on any atom is 0.261 e. The van der Waals surface area contributed by atoms with Crippen LogP contribution in [-0.2, 0) is 4.79 Å². The Hall–Kier alpha value is -2.28. The summed E-state index contributed by atoms with van der Waals surface area (Å²) in [7, 11) is 3.19. The largest absolute Gasteiger partial charge is 0.497 e. The predicted molar refractivity (Wildman–Crippen MR) is 103 cm³/mol. The lowest BCUT2D eigenvalue weighted by Gasteiger charge is -2.26. The molecule has 0 aliphatic carbocycles. The maximum absolute atomic E-state index is 13.9. The van der Waals surface area contributed by atoms with E-state index in [4.69, 9.17) is 14.2 Å². The van der Waals surface area contributed by atoms with Crippen LogP contribution < -0.4 is 14.2 Å². The van der Waals surface area contributed by atoms with Crippen molar-refractivity contribution in [2.75, 3.05) is 27.4 Å². The third-order valence-corrected chi connectivity index (χ3v) is 5.11. The molecule has 0 N–H and O–H groups in total. The molecular formula is C20H21BrFNO4. The summed E-state index contributed by atoms with van der Waals surface area (Å²) in [6.07, 6.45) is 1.72. The molecule has 1 fully saturated rings. The number of carbonyl (C=O) groups excluding carboxylic acids is 1. The van der Waals surface area contributed by atoms with Gasteiger partial charge in [0.2, 0.25) is 0 Å². The van der Waals surface area contributed by atoms with Crippen molar-refractivity contribution in [3.8, 4) is 17.2 Å². The van der Waals surface area contributed by atoms with Gasteiger partial charge in [-0.1, -0.05) is 15.9 Å². The molecule has 0 spiro atoms. The Labute approximate surface area is 166 Å². The van der Waals surface area contributed by atoms with E-state index in [2.05, 4.69) is 15.9 Å². The maximum atomic E-state index is 13.9. The molecule has 0 aromatic heterocycles. The molecule has 144 valence electrons. The summed E-state index contributed by atoms with van der Waals surface area (Å²) in [6, 6.07) is 9.96. The quantitative estimate of drug-likeness (QED) is 0.673. The fraction of sp³-hybridized carbons (Fsp3) is 0.350. The van der Waals surface area contributed by atoms with Crippen LogP contribution in [0.25, 0.3) is 0 Å². The zero-order valence-corrected chi connectivity index (χ0v) is 16.8. The molecule has 0 saturated carbocycles. The smallest absolute Gasteiger partial charge is 0.261 e. The Bertz CT molecular complexity index is 830. The van der Waals surface area contributed by atoms with Gasteiger partial charge < -0.3 is 19.1 Å². The van der Waals surface area contributed by atoms with Gasteiger partial charge in [0.1, 0.15) is 11.5 Å². The average molecular weight is 438 g/mol. The lowest BCUT2D eigenvalue weighted by atomic mass is 10.0. The van der Waals surface area contributed by atoms with Crippen LogP contribution in [0.3, 0.4) is 0 Å². The Morgan fingerprint density at radius 1 is 1.19 bits per heavy atom. The number of likely N-dealkylation sites (tertiary alicyclic amines) is 1. The Morgan fingerprint density at radius 2 is 2.00 bits per heavy atom. The second-order valence-electron chi connectivity index (χ2n) is 6.22. The molecule has 3 rings (SSSR count). The standard InChI is InChI=1S/C20H21BrFNO4/c1-25-14-6-7-15(19(11-14)26-2)17-4-3-9-23(17)20(24)12-27-18-8-5-13(21)10-16(18)22/h5-8,10-11,17H,3-4,9,12H2,1-2H3/t17-/m1/s1. The van der Waals surface area contributed by atoms with Gasteiger partial charge in [-0.25, -0.2) is 4.39 Å². The summed E-state index contributed by atoms with van der Waals surface area (Å²) in [6.45, 7) is 0.415. The summed E-state index contributed by atoms with van der Waals surface area (Å²) in [5.41, 5.74) is 0.930. The van der Waals surface area contributed by atoms with Gasteiger partial charge in [0.25, 0.3) is 5.91 Å². The van der Waals surface area contributed by atoms with Crippen molar-refractivity contribution in [2.45, 2.75) is 18.9 Å². The van der Waals surface area contributed by atoms with Crippen LogP contribution >= 0.6 is 15.9 Å². The van der Waals surface area contributed by atoms with Crippen LogP contribution in [-0.4, -0.2) is 38.2 Å². The minimum atomic E-state index is -0.507. The number of halogens is 2. The fourth-order valence-corrected chi connectivity index (χ4v) is 3.63. The zero-order chi connectivity index (χ0) is 19.4. The summed E-state index contributed by atoms with van der Waals surface area (Å²) in [5, 5.41) is 0. The number of carbonyl (C=O) groups is 1. The minimum Gasteiger partial charge on any atom is -0.497 e. The third kappa shape index (κ3) is 4.35. The van der Waals surface area contributed by atoms with Gasteiger partial charge in [0.15, 0.2) is 18.2 Å². The monoisotopic (exact) mass is 437 g/mol. The van der Waals surface area contributed by atoms with E-state index in [1.165, 1.54) is 12.1 Å². The van der Waals surface area contributed by atoms with Crippen LogP contribution in [0.2, 0.25) is 0 Å². The molecule has 1 atom stereocenters. The number of nitrogens with zero attached hydrogens (tertiary/aromatic N) is 1. The molecule has 1 amide bonds. The first-order valence-electron chi connectivity index (χ1n) is 8.62. The molecule has 2 aromatic carbocycles. The predicted octanol–water partition coefficient (Wildman–Crippen LogP) is 4.35. The van der Waals surface area contributed by atoms with Gasteiger partial charge in [-0.15, -0.1) is 0 Å². The van der Waals surface area contributed by atoms with Crippen LogP contribution in [0.1, 0.15) is 24.4 Å². The average Bonchev–Trinajstić information content (AvgIpc) is 3.16. The van der Waals surface area contributed by atoms with Crippen molar-refractivity contribution in [3.63, 3.8) is 0 Å². The van der Waals surface area contributed by atoms with E-state index in [-0.39, 0.29) is 24.3 Å². The van der Waals surface area contributed by atoms with Gasteiger partial charge in [-0.3, -0.25) is 4.79 Å². The Balaban J connectivity index is 1.73. The van der Waals surface area contributed by atoms with E-state index in [9.17, 15) is 9.18 Å². The minimum absolute atomic E-state index is 0.0596. The highest BCUT2D eigenvalue weighted by Crippen LogP contribution is 2.38. The summed E-state index contributed by atoms with van der Waals surface area (Å²) in [4.78, 5) is 14.5. The van der Waals surface area contributed by atoms with Crippen molar-refractivity contribution in [1.82, 2.24) is 4.90 Å². The normalized spacial score (nSPS) is 16.3. The first-order chi connectivity index (χ1) is 13.0. The molecule has 1 aliphatic heterocycles. The van der Waals surface area contributed by atoms with E-state index in [1.807, 2.05) is 18.2 Å². The summed E-state index contributed by atoms with van der Waals surface area (Å²) < 4.78 is 30.6. The van der Waals surface area contributed by atoms with Crippen LogP contribution in [0.4, 0.5) is 4.39 Å². The van der Waals surface area contributed by atoms with Crippen molar-refractivity contribution in [1.29, 1.82) is 0 Å². The van der Waals surface area contributed by atoms with Crippen molar-refractivity contribution in [3.05, 3.63) is 52.3 Å². The fourth-order valence-electron chi connectivity index (χ4n) is 3.30. The van der Waals surface area contributed by atoms with Crippen molar-refractivity contribution >= 4 is 21.8 Å². The van der Waals surface area contributed by atoms with E-state index < -0.39 is 5.82 Å². The van der Waals surface area contributed by atoms with Gasteiger partial charge >= 0.3 is 0 Å². The van der Waals surface area contributed by atoms with Crippen LogP contribution in [0, 0.1) is 5.82 Å².